The Hall–Kier alpha value is -2.70. The monoisotopic (exact) mass is 404 g/mol. The number of carbonyl (C=O) groups excluding carboxylic acids is 2. The molecule has 0 aromatic heterocycles. The first kappa shape index (κ1) is 22.6. The van der Waals surface area contributed by atoms with Crippen molar-refractivity contribution in [1.29, 1.82) is 0 Å². The first-order valence-corrected chi connectivity index (χ1v) is 10.1. The Labute approximate surface area is 173 Å². The van der Waals surface area contributed by atoms with E-state index in [2.05, 4.69) is 19.2 Å². The van der Waals surface area contributed by atoms with Crippen molar-refractivity contribution in [3.05, 3.63) is 29.8 Å². The van der Waals surface area contributed by atoms with Crippen LogP contribution in [0, 0.1) is 5.92 Å². The van der Waals surface area contributed by atoms with Crippen molar-refractivity contribution in [2.45, 2.75) is 39.7 Å². The first-order valence-electron chi connectivity index (χ1n) is 10.1. The molecule has 7 heteroatoms. The summed E-state index contributed by atoms with van der Waals surface area (Å²) >= 11 is 0. The average Bonchev–Trinajstić information content (AvgIpc) is 2.71. The molecule has 2 rings (SSSR count). The fourth-order valence-corrected chi connectivity index (χ4v) is 3.01. The Morgan fingerprint density at radius 1 is 1.24 bits per heavy atom. The first-order chi connectivity index (χ1) is 13.9. The van der Waals surface area contributed by atoms with Crippen molar-refractivity contribution in [2.75, 3.05) is 33.4 Å². The Morgan fingerprint density at radius 3 is 2.59 bits per heavy atom. The molecule has 0 radical (unpaired) electrons. The summed E-state index contributed by atoms with van der Waals surface area (Å²) < 4.78 is 16.1. The van der Waals surface area contributed by atoms with Gasteiger partial charge in [0.15, 0.2) is 11.5 Å². The maximum atomic E-state index is 12.2. The van der Waals surface area contributed by atoms with Gasteiger partial charge in [0.2, 0.25) is 5.91 Å². The Morgan fingerprint density at radius 2 is 1.97 bits per heavy atom. The molecule has 1 aliphatic heterocycles. The minimum atomic E-state index is -0.285. The minimum Gasteiger partial charge on any atom is -0.493 e. The highest BCUT2D eigenvalue weighted by molar-refractivity contribution is 5.92. The van der Waals surface area contributed by atoms with Crippen LogP contribution in [0.1, 0.15) is 39.2 Å². The predicted molar refractivity (Wildman–Crippen MR) is 112 cm³/mol. The van der Waals surface area contributed by atoms with Crippen LogP contribution in [-0.2, 0) is 9.53 Å². The van der Waals surface area contributed by atoms with E-state index in [1.165, 1.54) is 6.08 Å². The summed E-state index contributed by atoms with van der Waals surface area (Å²) in [6, 6.07) is 5.64. The number of likely N-dealkylation sites (tertiary alicyclic amines) is 1. The number of nitrogens with one attached hydrogen (secondary N) is 1. The maximum absolute atomic E-state index is 12.2. The molecule has 2 amide bonds. The van der Waals surface area contributed by atoms with E-state index in [4.69, 9.17) is 14.2 Å². The van der Waals surface area contributed by atoms with Gasteiger partial charge >= 0.3 is 6.09 Å². The fraction of sp³-hybridized carbons (Fsp3) is 0.545. The molecule has 160 valence electrons. The van der Waals surface area contributed by atoms with Crippen LogP contribution in [0.15, 0.2) is 24.3 Å². The van der Waals surface area contributed by atoms with E-state index in [9.17, 15) is 9.59 Å². The largest absolute Gasteiger partial charge is 0.493 e. The number of benzene rings is 1. The van der Waals surface area contributed by atoms with E-state index in [0.29, 0.717) is 56.6 Å². The van der Waals surface area contributed by atoms with Gasteiger partial charge in [-0.15, -0.1) is 0 Å². The van der Waals surface area contributed by atoms with Gasteiger partial charge in [0, 0.05) is 25.2 Å². The second-order valence-corrected chi connectivity index (χ2v) is 7.42. The van der Waals surface area contributed by atoms with Crippen molar-refractivity contribution >= 4 is 18.1 Å². The fourth-order valence-electron chi connectivity index (χ4n) is 3.01. The summed E-state index contributed by atoms with van der Waals surface area (Å²) in [4.78, 5) is 25.6. The lowest BCUT2D eigenvalue weighted by Crippen LogP contribution is -2.46. The molecule has 29 heavy (non-hydrogen) atoms. The zero-order valence-corrected chi connectivity index (χ0v) is 17.8. The summed E-state index contributed by atoms with van der Waals surface area (Å²) in [5.41, 5.74) is 0.853. The van der Waals surface area contributed by atoms with Gasteiger partial charge in [-0.05, 0) is 49.5 Å². The van der Waals surface area contributed by atoms with Crippen LogP contribution in [0.3, 0.4) is 0 Å². The zero-order valence-electron chi connectivity index (χ0n) is 17.8. The molecule has 0 saturated carbocycles. The van der Waals surface area contributed by atoms with Gasteiger partial charge in [0.25, 0.3) is 0 Å². The third kappa shape index (κ3) is 7.33. The molecule has 1 aliphatic rings. The minimum absolute atomic E-state index is 0.0548. The number of hydrogen-bond acceptors (Lipinski definition) is 5. The van der Waals surface area contributed by atoms with Crippen LogP contribution in [0.25, 0.3) is 6.08 Å². The number of hydrogen-bond donors (Lipinski definition) is 1. The van der Waals surface area contributed by atoms with Crippen LogP contribution in [0.4, 0.5) is 4.79 Å². The topological polar surface area (TPSA) is 77.1 Å². The summed E-state index contributed by atoms with van der Waals surface area (Å²) in [6.45, 7) is 8.12. The van der Waals surface area contributed by atoms with E-state index in [-0.39, 0.29) is 18.0 Å². The zero-order chi connectivity index (χ0) is 21.2. The van der Waals surface area contributed by atoms with Gasteiger partial charge in [-0.1, -0.05) is 19.9 Å². The molecule has 1 aromatic carbocycles. The van der Waals surface area contributed by atoms with E-state index < -0.39 is 0 Å². The number of nitrogens with zero attached hydrogens (tertiary/aromatic N) is 1. The summed E-state index contributed by atoms with van der Waals surface area (Å²) in [6.07, 6.45) is 4.41. The van der Waals surface area contributed by atoms with Crippen LogP contribution >= 0.6 is 0 Å². The van der Waals surface area contributed by atoms with Gasteiger partial charge in [-0.3, -0.25) is 4.79 Å². The van der Waals surface area contributed by atoms with E-state index in [0.717, 1.165) is 5.56 Å². The number of rotatable bonds is 8. The molecule has 1 saturated heterocycles. The van der Waals surface area contributed by atoms with Gasteiger partial charge in [-0.2, -0.15) is 0 Å². The lowest BCUT2D eigenvalue weighted by molar-refractivity contribution is -0.117. The summed E-state index contributed by atoms with van der Waals surface area (Å²) in [5.74, 6) is 1.60. The highest BCUT2D eigenvalue weighted by Crippen LogP contribution is 2.29. The van der Waals surface area contributed by atoms with E-state index in [1.807, 2.05) is 18.2 Å². The molecular weight excluding hydrogens is 372 g/mol. The quantitative estimate of drug-likeness (QED) is 0.671. The van der Waals surface area contributed by atoms with Crippen LogP contribution in [-0.4, -0.2) is 56.4 Å². The van der Waals surface area contributed by atoms with Crippen LogP contribution in [0.5, 0.6) is 11.5 Å². The summed E-state index contributed by atoms with van der Waals surface area (Å²) in [5, 5.41) is 2.99. The third-order valence-electron chi connectivity index (χ3n) is 4.55. The van der Waals surface area contributed by atoms with Crippen LogP contribution in [0.2, 0.25) is 0 Å². The number of carbonyl (C=O) groups is 2. The lowest BCUT2D eigenvalue weighted by Gasteiger charge is -2.31. The lowest BCUT2D eigenvalue weighted by atomic mass is 10.1. The van der Waals surface area contributed by atoms with Crippen molar-refractivity contribution in [3.8, 4) is 11.5 Å². The van der Waals surface area contributed by atoms with Crippen molar-refractivity contribution in [3.63, 3.8) is 0 Å². The molecule has 1 N–H and O–H groups in total. The highest BCUT2D eigenvalue weighted by atomic mass is 16.6. The summed E-state index contributed by atoms with van der Waals surface area (Å²) in [7, 11) is 1.60. The van der Waals surface area contributed by atoms with Gasteiger partial charge < -0.3 is 24.4 Å². The number of piperidine rings is 1. The van der Waals surface area contributed by atoms with E-state index >= 15 is 0 Å². The second-order valence-electron chi connectivity index (χ2n) is 7.42. The predicted octanol–water partition coefficient (Wildman–Crippen LogP) is 3.48. The average molecular weight is 405 g/mol. The highest BCUT2D eigenvalue weighted by Gasteiger charge is 2.24. The van der Waals surface area contributed by atoms with Gasteiger partial charge in [0.1, 0.15) is 0 Å². The molecule has 1 fully saturated rings. The molecule has 1 heterocycles. The molecule has 0 bridgehead atoms. The van der Waals surface area contributed by atoms with Crippen LogP contribution < -0.4 is 14.8 Å². The number of ether oxygens (including phenoxy) is 3. The molecular formula is C22H32N2O5. The molecule has 0 aliphatic carbocycles. The molecule has 0 unspecified atom stereocenters. The Balaban J connectivity index is 1.85. The second kappa shape index (κ2) is 11.3. The van der Waals surface area contributed by atoms with E-state index in [1.54, 1.807) is 25.0 Å². The van der Waals surface area contributed by atoms with Gasteiger partial charge in [-0.25, -0.2) is 4.79 Å². The normalized spacial score (nSPS) is 14.9. The SMILES string of the molecule is CCOC(=O)N1CCC(NC(=O)/C=C/c2ccc(OCC(C)C)c(OC)c2)CC1. The van der Waals surface area contributed by atoms with Gasteiger partial charge in [0.05, 0.1) is 20.3 Å². The van der Waals surface area contributed by atoms with Crippen molar-refractivity contribution in [1.82, 2.24) is 10.2 Å². The number of amides is 2. The molecule has 1 aromatic rings. The molecule has 0 atom stereocenters. The smallest absolute Gasteiger partial charge is 0.409 e. The van der Waals surface area contributed by atoms with Crippen molar-refractivity contribution < 1.29 is 23.8 Å². The molecule has 7 nitrogen and oxygen atoms in total. The Bertz CT molecular complexity index is 709. The third-order valence-corrected chi connectivity index (χ3v) is 4.55. The standard InChI is InChI=1S/C22H32N2O5/c1-5-28-22(26)24-12-10-18(11-13-24)23-21(25)9-7-17-6-8-19(20(14-17)27-4)29-15-16(2)3/h6-9,14,16,18H,5,10-13,15H2,1-4H3,(H,23,25)/b9-7+. The Kier molecular flexibility index (Phi) is 8.83. The van der Waals surface area contributed by atoms with Crippen molar-refractivity contribution in [2.24, 2.45) is 5.92 Å². The molecule has 0 spiro atoms. The maximum Gasteiger partial charge on any atom is 0.409 e. The number of methoxy groups -OCH3 is 1.